The van der Waals surface area contributed by atoms with Gasteiger partial charge in [-0.1, -0.05) is 12.1 Å². The Morgan fingerprint density at radius 1 is 1.26 bits per heavy atom. The predicted octanol–water partition coefficient (Wildman–Crippen LogP) is 1.29. The minimum absolute atomic E-state index is 0.214. The Kier molecular flexibility index (Phi) is 7.13. The maximum Gasteiger partial charge on any atom is 0.270 e. The van der Waals surface area contributed by atoms with Crippen LogP contribution in [0, 0.1) is 12.8 Å². The van der Waals surface area contributed by atoms with Crippen LogP contribution in [0.4, 0.5) is 0 Å². The quantitative estimate of drug-likeness (QED) is 0.445. The fourth-order valence-electron chi connectivity index (χ4n) is 4.06. The number of rotatable bonds is 8. The minimum atomic E-state index is -0.973. The molecule has 0 aliphatic heterocycles. The molecule has 1 saturated carbocycles. The molecule has 0 unspecified atom stereocenters. The number of aromatic nitrogens is 6. The second kappa shape index (κ2) is 10.2. The second-order valence-electron chi connectivity index (χ2n) is 8.71. The summed E-state index contributed by atoms with van der Waals surface area (Å²) in [5, 5.41) is 35.0. The maximum absolute atomic E-state index is 12.7. The molecule has 1 aromatic carbocycles. The van der Waals surface area contributed by atoms with Gasteiger partial charge in [0, 0.05) is 6.54 Å². The van der Waals surface area contributed by atoms with Gasteiger partial charge in [-0.15, -0.1) is 10.2 Å². The van der Waals surface area contributed by atoms with Gasteiger partial charge < -0.3 is 20.3 Å². The molecule has 11 nitrogen and oxygen atoms in total. The van der Waals surface area contributed by atoms with Crippen LogP contribution in [0.2, 0.25) is 0 Å². The number of hydrogen-bond donors (Lipinski definition) is 3. The Balaban J connectivity index is 1.41. The zero-order valence-electron chi connectivity index (χ0n) is 19.3. The number of carbonyl (C=O) groups is 1. The van der Waals surface area contributed by atoms with Gasteiger partial charge in [0.25, 0.3) is 5.91 Å². The van der Waals surface area contributed by atoms with Gasteiger partial charge in [-0.25, -0.2) is 9.97 Å². The number of tetrazole rings is 1. The molecule has 1 fully saturated rings. The first-order chi connectivity index (χ1) is 16.4. The topological polar surface area (TPSA) is 148 Å². The number of aliphatic hydroxyl groups excluding tert-OH is 1. The summed E-state index contributed by atoms with van der Waals surface area (Å²) in [7, 11) is 1.60. The Hall–Kier alpha value is -3.44. The van der Waals surface area contributed by atoms with E-state index in [4.69, 9.17) is 4.74 Å². The van der Waals surface area contributed by atoms with Gasteiger partial charge in [0.05, 0.1) is 25.9 Å². The Labute approximate surface area is 197 Å². The van der Waals surface area contributed by atoms with E-state index in [-0.39, 0.29) is 18.2 Å². The lowest BCUT2D eigenvalue weighted by molar-refractivity contribution is -0.0535. The molecule has 2 heterocycles. The summed E-state index contributed by atoms with van der Waals surface area (Å²) >= 11 is 0. The van der Waals surface area contributed by atoms with Crippen LogP contribution in [0.15, 0.2) is 30.3 Å². The van der Waals surface area contributed by atoms with Crippen LogP contribution in [-0.4, -0.2) is 65.6 Å². The number of methoxy groups -OCH3 is 1. The van der Waals surface area contributed by atoms with Crippen molar-refractivity contribution >= 4 is 5.91 Å². The Morgan fingerprint density at radius 3 is 2.79 bits per heavy atom. The molecule has 3 aromatic rings. The van der Waals surface area contributed by atoms with E-state index in [2.05, 4.69) is 30.7 Å². The first-order valence-corrected chi connectivity index (χ1v) is 11.3. The van der Waals surface area contributed by atoms with Gasteiger partial charge >= 0.3 is 0 Å². The SMILES string of the molecule is COc1cccc(CNC(=O)c2cc(-c3nnn(C[C@H]4CC[C@](O)(CO)CC4)n3)nc(C)n2)c1. The molecule has 0 spiro atoms. The summed E-state index contributed by atoms with van der Waals surface area (Å²) < 4.78 is 5.21. The van der Waals surface area contributed by atoms with Crippen LogP contribution in [0.5, 0.6) is 5.75 Å². The van der Waals surface area contributed by atoms with Gasteiger partial charge in [-0.3, -0.25) is 4.79 Å². The molecular formula is C23H29N7O4. The minimum Gasteiger partial charge on any atom is -0.497 e. The zero-order chi connectivity index (χ0) is 24.1. The third kappa shape index (κ3) is 5.72. The monoisotopic (exact) mass is 467 g/mol. The molecule has 34 heavy (non-hydrogen) atoms. The molecule has 1 aliphatic rings. The highest BCUT2D eigenvalue weighted by Gasteiger charge is 2.32. The molecule has 0 atom stereocenters. The number of hydrogen-bond acceptors (Lipinski definition) is 9. The number of aliphatic hydroxyl groups is 2. The van der Waals surface area contributed by atoms with Crippen LogP contribution in [-0.2, 0) is 13.1 Å². The van der Waals surface area contributed by atoms with Crippen LogP contribution in [0.25, 0.3) is 11.5 Å². The molecule has 11 heteroatoms. The van der Waals surface area contributed by atoms with E-state index < -0.39 is 5.60 Å². The first kappa shape index (κ1) is 23.7. The molecular weight excluding hydrogens is 438 g/mol. The van der Waals surface area contributed by atoms with Gasteiger partial charge in [-0.05, 0) is 67.5 Å². The number of benzene rings is 1. The smallest absolute Gasteiger partial charge is 0.270 e. The lowest BCUT2D eigenvalue weighted by Gasteiger charge is -2.34. The summed E-state index contributed by atoms with van der Waals surface area (Å²) in [6.07, 6.45) is 2.65. The van der Waals surface area contributed by atoms with Crippen LogP contribution in [0.3, 0.4) is 0 Å². The molecule has 4 rings (SSSR count). The van der Waals surface area contributed by atoms with Crippen molar-refractivity contribution in [3.63, 3.8) is 0 Å². The number of ether oxygens (including phenoxy) is 1. The average Bonchev–Trinajstić information content (AvgIpc) is 3.32. The van der Waals surface area contributed by atoms with Crippen molar-refractivity contribution in [1.29, 1.82) is 0 Å². The van der Waals surface area contributed by atoms with Crippen LogP contribution >= 0.6 is 0 Å². The highest BCUT2D eigenvalue weighted by molar-refractivity contribution is 5.93. The van der Waals surface area contributed by atoms with Crippen molar-refractivity contribution in [3.8, 4) is 17.3 Å². The van der Waals surface area contributed by atoms with Crippen molar-refractivity contribution in [2.24, 2.45) is 5.92 Å². The predicted molar refractivity (Wildman–Crippen MR) is 122 cm³/mol. The third-order valence-electron chi connectivity index (χ3n) is 6.09. The van der Waals surface area contributed by atoms with Crippen LogP contribution in [0.1, 0.15) is 47.6 Å². The van der Waals surface area contributed by atoms with Gasteiger partial charge in [-0.2, -0.15) is 4.80 Å². The average molecular weight is 468 g/mol. The number of aryl methyl sites for hydroxylation is 1. The molecule has 0 bridgehead atoms. The lowest BCUT2D eigenvalue weighted by Crippen LogP contribution is -2.38. The van der Waals surface area contributed by atoms with Crippen molar-refractivity contribution < 1.29 is 19.7 Å². The van der Waals surface area contributed by atoms with Crippen LogP contribution < -0.4 is 10.1 Å². The Morgan fingerprint density at radius 2 is 2.06 bits per heavy atom. The van der Waals surface area contributed by atoms with E-state index in [0.29, 0.717) is 49.2 Å². The molecule has 0 radical (unpaired) electrons. The van der Waals surface area contributed by atoms with E-state index in [1.165, 1.54) is 4.80 Å². The summed E-state index contributed by atoms with van der Waals surface area (Å²) in [5.74, 6) is 1.42. The standard InChI is InChI=1S/C23H29N7O4/c1-15-25-19(11-20(26-15)22(32)24-12-17-4-3-5-18(10-17)34-2)21-27-29-30(28-21)13-16-6-8-23(33,14-31)9-7-16/h3-5,10-11,16,31,33H,6-9,12-14H2,1-2H3,(H,24,32)/t16-,23+. The van der Waals surface area contributed by atoms with E-state index in [1.807, 2.05) is 24.3 Å². The number of amides is 1. The molecule has 3 N–H and O–H groups in total. The van der Waals surface area contributed by atoms with Gasteiger partial charge in [0.1, 0.15) is 23.0 Å². The summed E-state index contributed by atoms with van der Waals surface area (Å²) in [5.41, 5.74) is 0.573. The highest BCUT2D eigenvalue weighted by Crippen LogP contribution is 2.32. The number of nitrogens with zero attached hydrogens (tertiary/aromatic N) is 6. The molecule has 180 valence electrons. The second-order valence-corrected chi connectivity index (χ2v) is 8.71. The lowest BCUT2D eigenvalue weighted by atomic mass is 9.79. The van der Waals surface area contributed by atoms with Crippen molar-refractivity contribution in [3.05, 3.63) is 47.4 Å². The molecule has 1 amide bonds. The van der Waals surface area contributed by atoms with Crippen molar-refractivity contribution in [1.82, 2.24) is 35.5 Å². The highest BCUT2D eigenvalue weighted by atomic mass is 16.5. The normalized spacial score (nSPS) is 20.2. The van der Waals surface area contributed by atoms with E-state index >= 15 is 0 Å². The summed E-state index contributed by atoms with van der Waals surface area (Å²) in [6, 6.07) is 9.02. The molecule has 1 aliphatic carbocycles. The van der Waals surface area contributed by atoms with Crippen molar-refractivity contribution in [2.75, 3.05) is 13.7 Å². The molecule has 2 aromatic heterocycles. The van der Waals surface area contributed by atoms with Crippen molar-refractivity contribution in [2.45, 2.75) is 51.3 Å². The summed E-state index contributed by atoms with van der Waals surface area (Å²) in [6.45, 7) is 2.38. The fourth-order valence-corrected chi connectivity index (χ4v) is 4.06. The number of carbonyl (C=O) groups excluding carboxylic acids is 1. The van der Waals surface area contributed by atoms with Gasteiger partial charge in [0.2, 0.25) is 5.82 Å². The third-order valence-corrected chi connectivity index (χ3v) is 6.09. The van der Waals surface area contributed by atoms with E-state index in [1.54, 1.807) is 20.1 Å². The summed E-state index contributed by atoms with van der Waals surface area (Å²) in [4.78, 5) is 22.9. The zero-order valence-corrected chi connectivity index (χ0v) is 19.3. The fraction of sp³-hybridized carbons (Fsp3) is 0.478. The van der Waals surface area contributed by atoms with E-state index in [0.717, 1.165) is 24.2 Å². The van der Waals surface area contributed by atoms with E-state index in [9.17, 15) is 15.0 Å². The largest absolute Gasteiger partial charge is 0.497 e. The molecule has 0 saturated heterocycles. The first-order valence-electron chi connectivity index (χ1n) is 11.3. The van der Waals surface area contributed by atoms with Gasteiger partial charge in [0.15, 0.2) is 0 Å². The number of nitrogens with one attached hydrogen (secondary N) is 1. The maximum atomic E-state index is 12.7. The Bertz CT molecular complexity index is 1140.